The predicted molar refractivity (Wildman–Crippen MR) is 66.5 cm³/mol. The zero-order chi connectivity index (χ0) is 11.8. The van der Waals surface area contributed by atoms with Crippen LogP contribution in [0.1, 0.15) is 31.5 Å². The second-order valence-corrected chi connectivity index (χ2v) is 4.87. The molecule has 1 aliphatic carbocycles. The summed E-state index contributed by atoms with van der Waals surface area (Å²) in [5.41, 5.74) is 2.22. The second kappa shape index (κ2) is 3.89. The minimum absolute atomic E-state index is 0.0325. The fraction of sp³-hybridized carbons (Fsp3) is 0.429. The highest BCUT2D eigenvalue weighted by molar-refractivity contribution is 5.76. The molecule has 0 N–H and O–H groups in total. The van der Waals surface area contributed by atoms with E-state index in [4.69, 9.17) is 10.2 Å². The van der Waals surface area contributed by atoms with Crippen molar-refractivity contribution < 1.29 is 0 Å². The Labute approximate surface area is 101 Å². The van der Waals surface area contributed by atoms with Gasteiger partial charge in [-0.1, -0.05) is 12.1 Å². The number of hydrogen-bond donors (Lipinski definition) is 0. The van der Waals surface area contributed by atoms with Crippen LogP contribution in [0.2, 0.25) is 0 Å². The molecule has 1 saturated carbocycles. The summed E-state index contributed by atoms with van der Waals surface area (Å²) in [6, 6.07) is 10.5. The summed E-state index contributed by atoms with van der Waals surface area (Å²) in [5.74, 6) is 1.83. The molecule has 1 fully saturated rings. The Morgan fingerprint density at radius 3 is 2.94 bits per heavy atom. The van der Waals surface area contributed by atoms with Crippen LogP contribution in [0.5, 0.6) is 0 Å². The highest BCUT2D eigenvalue weighted by Gasteiger charge is 2.29. The average molecular weight is 225 g/mol. The number of aromatic nitrogens is 2. The first-order valence-corrected chi connectivity index (χ1v) is 6.14. The van der Waals surface area contributed by atoms with Crippen molar-refractivity contribution in [3.05, 3.63) is 30.1 Å². The van der Waals surface area contributed by atoms with Gasteiger partial charge < -0.3 is 4.57 Å². The lowest BCUT2D eigenvalue weighted by atomic mass is 10.2. The average Bonchev–Trinajstić information content (AvgIpc) is 3.13. The van der Waals surface area contributed by atoms with Gasteiger partial charge in [0.15, 0.2) is 0 Å². The molecule has 86 valence electrons. The summed E-state index contributed by atoms with van der Waals surface area (Å²) in [4.78, 5) is 4.72. The molecule has 0 amide bonds. The zero-order valence-corrected chi connectivity index (χ0v) is 9.93. The van der Waals surface area contributed by atoms with Crippen LogP contribution in [0.15, 0.2) is 24.3 Å². The molecule has 0 saturated heterocycles. The standard InChI is InChI=1S/C14H15N3/c1-10(8-15)9-17-13-5-3-2-4-12(13)16-14(17)11-6-7-11/h2-5,10-11H,6-7,9H2,1H3. The van der Waals surface area contributed by atoms with Gasteiger partial charge >= 0.3 is 0 Å². The van der Waals surface area contributed by atoms with Crippen molar-refractivity contribution in [3.8, 4) is 6.07 Å². The molecule has 3 heteroatoms. The second-order valence-electron chi connectivity index (χ2n) is 4.87. The third-order valence-electron chi connectivity index (χ3n) is 3.30. The molecule has 1 unspecified atom stereocenters. The first-order chi connectivity index (χ1) is 8.29. The molecule has 17 heavy (non-hydrogen) atoms. The predicted octanol–water partition coefficient (Wildman–Crippen LogP) is 3.07. The van der Waals surface area contributed by atoms with Crippen LogP contribution < -0.4 is 0 Å². The number of nitriles is 1. The molecule has 0 spiro atoms. The van der Waals surface area contributed by atoms with Crippen molar-refractivity contribution >= 4 is 11.0 Å². The maximum absolute atomic E-state index is 8.97. The van der Waals surface area contributed by atoms with Crippen LogP contribution in [0.25, 0.3) is 11.0 Å². The third kappa shape index (κ3) is 1.80. The largest absolute Gasteiger partial charge is 0.326 e. The minimum atomic E-state index is 0.0325. The molecular formula is C14H15N3. The minimum Gasteiger partial charge on any atom is -0.326 e. The van der Waals surface area contributed by atoms with Gasteiger partial charge in [-0.3, -0.25) is 0 Å². The van der Waals surface area contributed by atoms with E-state index in [0.717, 1.165) is 17.6 Å². The van der Waals surface area contributed by atoms with Crippen LogP contribution in [0.3, 0.4) is 0 Å². The van der Waals surface area contributed by atoms with E-state index in [0.29, 0.717) is 5.92 Å². The number of nitrogens with zero attached hydrogens (tertiary/aromatic N) is 3. The van der Waals surface area contributed by atoms with Crippen LogP contribution in [0.4, 0.5) is 0 Å². The molecule has 0 bridgehead atoms. The SMILES string of the molecule is CC(C#N)Cn1c(C2CC2)nc2ccccc21. The van der Waals surface area contributed by atoms with Crippen molar-refractivity contribution in [2.45, 2.75) is 32.2 Å². The fourth-order valence-electron chi connectivity index (χ4n) is 2.25. The molecule has 1 aromatic heterocycles. The maximum atomic E-state index is 8.97. The van der Waals surface area contributed by atoms with Gasteiger partial charge in [0.1, 0.15) is 5.82 Å². The Morgan fingerprint density at radius 1 is 1.47 bits per heavy atom. The van der Waals surface area contributed by atoms with Crippen molar-refractivity contribution in [2.75, 3.05) is 0 Å². The number of benzene rings is 1. The first-order valence-electron chi connectivity index (χ1n) is 6.14. The number of fused-ring (bicyclic) bond motifs is 1. The van der Waals surface area contributed by atoms with E-state index >= 15 is 0 Å². The molecular weight excluding hydrogens is 210 g/mol. The van der Waals surface area contributed by atoms with Gasteiger partial charge in [0.05, 0.1) is 23.0 Å². The van der Waals surface area contributed by atoms with E-state index in [9.17, 15) is 0 Å². The Hall–Kier alpha value is -1.82. The first kappa shape index (κ1) is 10.3. The topological polar surface area (TPSA) is 41.6 Å². The third-order valence-corrected chi connectivity index (χ3v) is 3.30. The summed E-state index contributed by atoms with van der Waals surface area (Å²) in [7, 11) is 0. The maximum Gasteiger partial charge on any atom is 0.113 e. The summed E-state index contributed by atoms with van der Waals surface area (Å²) >= 11 is 0. The molecule has 2 aromatic rings. The van der Waals surface area contributed by atoms with Gasteiger partial charge in [0.25, 0.3) is 0 Å². The Bertz CT molecular complexity index is 587. The number of hydrogen-bond acceptors (Lipinski definition) is 2. The van der Waals surface area contributed by atoms with E-state index < -0.39 is 0 Å². The van der Waals surface area contributed by atoms with Crippen molar-refractivity contribution in [2.24, 2.45) is 5.92 Å². The normalized spacial score (nSPS) is 16.9. The number of para-hydroxylation sites is 2. The summed E-state index contributed by atoms with van der Waals surface area (Å²) in [6.07, 6.45) is 2.48. The summed E-state index contributed by atoms with van der Waals surface area (Å²) in [6.45, 7) is 2.72. The zero-order valence-electron chi connectivity index (χ0n) is 9.93. The molecule has 1 aliphatic rings. The lowest BCUT2D eigenvalue weighted by Gasteiger charge is -2.09. The van der Waals surface area contributed by atoms with E-state index in [1.54, 1.807) is 0 Å². The van der Waals surface area contributed by atoms with E-state index in [1.807, 2.05) is 19.1 Å². The number of rotatable bonds is 3. The lowest BCUT2D eigenvalue weighted by molar-refractivity contribution is 0.570. The number of imidazole rings is 1. The summed E-state index contributed by atoms with van der Waals surface area (Å²) < 4.78 is 2.24. The van der Waals surface area contributed by atoms with Gasteiger partial charge in [-0.15, -0.1) is 0 Å². The monoisotopic (exact) mass is 225 g/mol. The van der Waals surface area contributed by atoms with Gasteiger partial charge in [0, 0.05) is 12.5 Å². The lowest BCUT2D eigenvalue weighted by Crippen LogP contribution is -2.08. The van der Waals surface area contributed by atoms with Gasteiger partial charge in [-0.05, 0) is 31.9 Å². The van der Waals surface area contributed by atoms with Crippen molar-refractivity contribution in [3.63, 3.8) is 0 Å². The Kier molecular flexibility index (Phi) is 2.36. The van der Waals surface area contributed by atoms with Crippen molar-refractivity contribution in [1.29, 1.82) is 5.26 Å². The Balaban J connectivity index is 2.11. The molecule has 0 aliphatic heterocycles. The Morgan fingerprint density at radius 2 is 2.24 bits per heavy atom. The highest BCUT2D eigenvalue weighted by atomic mass is 15.1. The smallest absolute Gasteiger partial charge is 0.113 e. The van der Waals surface area contributed by atoms with Gasteiger partial charge in [0.2, 0.25) is 0 Å². The molecule has 3 rings (SSSR count). The van der Waals surface area contributed by atoms with E-state index in [2.05, 4.69) is 22.8 Å². The fourth-order valence-corrected chi connectivity index (χ4v) is 2.25. The van der Waals surface area contributed by atoms with E-state index in [1.165, 1.54) is 18.7 Å². The van der Waals surface area contributed by atoms with Crippen LogP contribution in [0, 0.1) is 17.2 Å². The van der Waals surface area contributed by atoms with Crippen LogP contribution in [-0.4, -0.2) is 9.55 Å². The molecule has 0 radical (unpaired) electrons. The van der Waals surface area contributed by atoms with E-state index in [-0.39, 0.29) is 5.92 Å². The van der Waals surface area contributed by atoms with Gasteiger partial charge in [-0.25, -0.2) is 4.98 Å². The molecule has 3 nitrogen and oxygen atoms in total. The van der Waals surface area contributed by atoms with Crippen molar-refractivity contribution in [1.82, 2.24) is 9.55 Å². The van der Waals surface area contributed by atoms with Gasteiger partial charge in [-0.2, -0.15) is 5.26 Å². The highest BCUT2D eigenvalue weighted by Crippen LogP contribution is 2.40. The quantitative estimate of drug-likeness (QED) is 0.805. The van der Waals surface area contributed by atoms with Crippen LogP contribution >= 0.6 is 0 Å². The molecule has 1 atom stereocenters. The molecule has 1 heterocycles. The summed E-state index contributed by atoms with van der Waals surface area (Å²) in [5, 5.41) is 8.97. The molecule has 1 aromatic carbocycles. The van der Waals surface area contributed by atoms with Crippen LogP contribution in [-0.2, 0) is 6.54 Å².